The molecular formula is C17H27F7N8. The Morgan fingerprint density at radius 3 is 0.750 bits per heavy atom. The first-order chi connectivity index (χ1) is 15.2. The number of fused-ring (bicyclic) bond motifs is 8. The smallest absolute Gasteiger partial charge is 0.162 e. The summed E-state index contributed by atoms with van der Waals surface area (Å²) in [4.78, 5) is 0. The van der Waals surface area contributed by atoms with Crippen LogP contribution in [0.1, 0.15) is 6.92 Å². The molecule has 16 unspecified atom stereocenters. The lowest BCUT2D eigenvalue weighted by Crippen LogP contribution is -2.62. The van der Waals surface area contributed by atoms with E-state index in [1.165, 1.54) is 6.92 Å². The lowest BCUT2D eigenvalue weighted by molar-refractivity contribution is 0.121. The molecule has 0 saturated carbocycles. The van der Waals surface area contributed by atoms with Crippen LogP contribution in [0.25, 0.3) is 0 Å². The molecule has 5 saturated heterocycles. The Kier molecular flexibility index (Phi) is 6.06. The third kappa shape index (κ3) is 3.70. The number of hydrogen-bond donors (Lipinski definition) is 8. The summed E-state index contributed by atoms with van der Waals surface area (Å²) in [5, 5.41) is 20.8. The van der Waals surface area contributed by atoms with Gasteiger partial charge in [0.05, 0.1) is 49.3 Å². The van der Waals surface area contributed by atoms with Gasteiger partial charge in [0.2, 0.25) is 0 Å². The van der Waals surface area contributed by atoms with Gasteiger partial charge in [0.15, 0.2) is 37.0 Å². The lowest BCUT2D eigenvalue weighted by atomic mass is 10.1. The van der Waals surface area contributed by atoms with E-state index in [0.29, 0.717) is 0 Å². The molecular weight excluding hydrogens is 449 g/mol. The van der Waals surface area contributed by atoms with Gasteiger partial charge in [-0.1, -0.05) is 6.92 Å². The summed E-state index contributed by atoms with van der Waals surface area (Å²) in [7, 11) is 0. The van der Waals surface area contributed by atoms with Gasteiger partial charge in [0.1, 0.15) is 6.17 Å². The summed E-state index contributed by atoms with van der Waals surface area (Å²) in [6.45, 7) is 1.53. The molecule has 5 aliphatic heterocycles. The quantitative estimate of drug-likeness (QED) is 0.198. The number of halogens is 7. The van der Waals surface area contributed by atoms with Crippen LogP contribution < -0.4 is 42.5 Å². The van der Waals surface area contributed by atoms with Crippen molar-refractivity contribution in [1.29, 1.82) is 0 Å². The number of alkyl halides is 7. The van der Waals surface area contributed by atoms with Crippen molar-refractivity contribution >= 4 is 0 Å². The van der Waals surface area contributed by atoms with Crippen LogP contribution in [0.15, 0.2) is 0 Å². The van der Waals surface area contributed by atoms with E-state index >= 15 is 0 Å². The van der Waals surface area contributed by atoms with Crippen molar-refractivity contribution in [2.45, 2.75) is 99.5 Å². The molecule has 16 atom stereocenters. The van der Waals surface area contributed by atoms with E-state index in [1.54, 1.807) is 0 Å². The minimum atomic E-state index is -2.18. The monoisotopic (exact) mass is 476 g/mol. The molecule has 0 radical (unpaired) electrons. The fourth-order valence-corrected chi connectivity index (χ4v) is 5.11. The fraction of sp³-hybridized carbons (Fsp3) is 1.00. The van der Waals surface area contributed by atoms with E-state index < -0.39 is 98.4 Å². The maximum absolute atomic E-state index is 14.8. The summed E-state index contributed by atoms with van der Waals surface area (Å²) >= 11 is 0. The Labute approximate surface area is 179 Å². The lowest BCUT2D eigenvalue weighted by Gasteiger charge is -2.27. The predicted molar refractivity (Wildman–Crippen MR) is 98.8 cm³/mol. The standard InChI is InChI=1S/C17H27F7N8/c1-2-3(18)11-25-10(2)26-12-4(19)5(20)14(28-12)30-16-8(23)9(24)17(32-16)31-15-7(22)6(21)13(27-11)29-15/h2-17,25-32H,1H3. The third-order valence-electron chi connectivity index (χ3n) is 7.04. The number of rotatable bonds is 0. The van der Waals surface area contributed by atoms with E-state index in [9.17, 15) is 30.7 Å². The molecule has 0 aromatic carbocycles. The van der Waals surface area contributed by atoms with Crippen molar-refractivity contribution in [2.24, 2.45) is 5.92 Å². The van der Waals surface area contributed by atoms with Crippen molar-refractivity contribution in [3.05, 3.63) is 0 Å². The molecule has 8 N–H and O–H groups in total. The maximum atomic E-state index is 14.8. The zero-order valence-electron chi connectivity index (χ0n) is 16.9. The van der Waals surface area contributed by atoms with Crippen LogP contribution in [-0.4, -0.2) is 92.5 Å². The van der Waals surface area contributed by atoms with E-state index in [1.807, 2.05) is 0 Å². The second kappa shape index (κ2) is 8.45. The van der Waals surface area contributed by atoms with E-state index in [4.69, 9.17) is 0 Å². The van der Waals surface area contributed by atoms with Crippen molar-refractivity contribution in [3.63, 3.8) is 0 Å². The minimum absolute atomic E-state index is 0.725. The van der Waals surface area contributed by atoms with Gasteiger partial charge >= 0.3 is 0 Å². The first-order valence-corrected chi connectivity index (χ1v) is 10.7. The van der Waals surface area contributed by atoms with Crippen LogP contribution >= 0.6 is 0 Å². The average molecular weight is 476 g/mol. The molecule has 0 aromatic rings. The van der Waals surface area contributed by atoms with E-state index in [2.05, 4.69) is 42.5 Å². The highest BCUT2D eigenvalue weighted by molar-refractivity contribution is 5.07. The van der Waals surface area contributed by atoms with Crippen LogP contribution in [-0.2, 0) is 0 Å². The molecule has 0 amide bonds. The highest BCUT2D eigenvalue weighted by atomic mass is 19.2. The fourth-order valence-electron chi connectivity index (χ4n) is 5.11. The molecule has 5 rings (SSSR count). The summed E-state index contributed by atoms with van der Waals surface area (Å²) < 4.78 is 102. The Bertz CT molecular complexity index is 537. The van der Waals surface area contributed by atoms with Gasteiger partial charge < -0.3 is 0 Å². The molecule has 5 aliphatic rings. The first-order valence-electron chi connectivity index (χ1n) is 10.7. The Hall–Kier alpha value is -0.810. The molecule has 5 fully saturated rings. The summed E-state index contributed by atoms with van der Waals surface area (Å²) in [5.41, 5.74) is 0. The zero-order valence-corrected chi connectivity index (χ0v) is 16.9. The molecule has 15 heteroatoms. The van der Waals surface area contributed by atoms with Crippen molar-refractivity contribution in [2.75, 3.05) is 0 Å². The largest absolute Gasteiger partial charge is 0.284 e. The van der Waals surface area contributed by atoms with Gasteiger partial charge in [-0.05, 0) is 0 Å². The molecule has 8 bridgehead atoms. The highest BCUT2D eigenvalue weighted by Gasteiger charge is 2.54. The van der Waals surface area contributed by atoms with E-state index in [-0.39, 0.29) is 0 Å². The summed E-state index contributed by atoms with van der Waals surface area (Å²) in [6.07, 6.45) is -24.5. The Morgan fingerprint density at radius 2 is 0.500 bits per heavy atom. The maximum Gasteiger partial charge on any atom is 0.162 e. The Balaban J connectivity index is 1.41. The first kappa shape index (κ1) is 23.0. The summed E-state index contributed by atoms with van der Waals surface area (Å²) in [6, 6.07) is 0. The molecule has 8 nitrogen and oxygen atoms in total. The van der Waals surface area contributed by atoms with Gasteiger partial charge in [-0.3, -0.25) is 42.5 Å². The van der Waals surface area contributed by atoms with Gasteiger partial charge in [-0.2, -0.15) is 0 Å². The normalized spacial score (nSPS) is 60.8. The van der Waals surface area contributed by atoms with Crippen molar-refractivity contribution in [1.82, 2.24) is 42.5 Å². The van der Waals surface area contributed by atoms with Gasteiger partial charge in [-0.15, -0.1) is 0 Å². The topological polar surface area (TPSA) is 96.2 Å². The highest BCUT2D eigenvalue weighted by Crippen LogP contribution is 2.28. The minimum Gasteiger partial charge on any atom is -0.284 e. The second-order valence-electron chi connectivity index (χ2n) is 9.12. The van der Waals surface area contributed by atoms with Crippen LogP contribution in [0, 0.1) is 5.92 Å². The molecule has 32 heavy (non-hydrogen) atoms. The molecule has 0 aliphatic carbocycles. The van der Waals surface area contributed by atoms with Crippen molar-refractivity contribution in [3.8, 4) is 0 Å². The summed E-state index contributed by atoms with van der Waals surface area (Å²) in [5.74, 6) is -0.725. The predicted octanol–water partition coefficient (Wildman–Crippen LogP) is -1.62. The second-order valence-corrected chi connectivity index (χ2v) is 9.12. The van der Waals surface area contributed by atoms with Crippen LogP contribution in [0.5, 0.6) is 0 Å². The van der Waals surface area contributed by atoms with E-state index in [0.717, 1.165) is 0 Å². The third-order valence-corrected chi connectivity index (χ3v) is 7.04. The SMILES string of the molecule is CC1C2NC(NC3NC(NC4NC(NC5NC(N2)C(F)C5F)C(F)C4F)C(F)C3F)C1F. The Morgan fingerprint density at radius 1 is 0.312 bits per heavy atom. The van der Waals surface area contributed by atoms with Gasteiger partial charge in [0.25, 0.3) is 0 Å². The molecule has 184 valence electrons. The molecule has 0 aromatic heterocycles. The molecule has 0 spiro atoms. The van der Waals surface area contributed by atoms with Gasteiger partial charge in [0, 0.05) is 5.92 Å². The zero-order chi connectivity index (χ0) is 22.9. The van der Waals surface area contributed by atoms with Crippen molar-refractivity contribution < 1.29 is 30.7 Å². The average Bonchev–Trinajstić information content (AvgIpc) is 3.37. The van der Waals surface area contributed by atoms with Crippen LogP contribution in [0.4, 0.5) is 30.7 Å². The molecule has 5 heterocycles. The van der Waals surface area contributed by atoms with Crippen LogP contribution in [0.2, 0.25) is 0 Å². The number of hydrogen-bond acceptors (Lipinski definition) is 8. The van der Waals surface area contributed by atoms with Crippen LogP contribution in [0.3, 0.4) is 0 Å². The number of nitrogens with one attached hydrogen (secondary N) is 8. The van der Waals surface area contributed by atoms with Gasteiger partial charge in [-0.25, -0.2) is 30.7 Å².